The summed E-state index contributed by atoms with van der Waals surface area (Å²) in [5, 5.41) is 0. The van der Waals surface area contributed by atoms with Crippen LogP contribution in [-0.4, -0.2) is 53.2 Å². The summed E-state index contributed by atoms with van der Waals surface area (Å²) in [5.41, 5.74) is 1.02. The summed E-state index contributed by atoms with van der Waals surface area (Å²) in [4.78, 5) is 22.2. The number of hydrogen-bond donors (Lipinski definition) is 0. The predicted molar refractivity (Wildman–Crippen MR) is 90.9 cm³/mol. The van der Waals surface area contributed by atoms with Crippen molar-refractivity contribution >= 4 is 11.6 Å². The van der Waals surface area contributed by atoms with E-state index in [1.54, 1.807) is 13.4 Å². The number of aryl methyl sites for hydroxylation is 1. The van der Waals surface area contributed by atoms with Crippen LogP contribution in [0, 0.1) is 18.8 Å². The molecule has 0 aliphatic carbocycles. The summed E-state index contributed by atoms with van der Waals surface area (Å²) >= 11 is 0. The van der Waals surface area contributed by atoms with Crippen molar-refractivity contribution in [3.63, 3.8) is 0 Å². The van der Waals surface area contributed by atoms with Crippen LogP contribution in [0.5, 0.6) is 0 Å². The van der Waals surface area contributed by atoms with Crippen LogP contribution >= 0.6 is 0 Å². The van der Waals surface area contributed by atoms with Gasteiger partial charge in [0.05, 0.1) is 0 Å². The molecular weight excluding hydrogens is 304 g/mol. The van der Waals surface area contributed by atoms with Crippen molar-refractivity contribution in [3.8, 4) is 0 Å². The molecule has 0 amide bonds. The minimum absolute atomic E-state index is 0.454. The smallest absolute Gasteiger partial charge is 0.156 e. The molecule has 2 fully saturated rings. The maximum absolute atomic E-state index is 5.13. The van der Waals surface area contributed by atoms with Gasteiger partial charge in [0.1, 0.15) is 24.6 Å². The summed E-state index contributed by atoms with van der Waals surface area (Å²) < 4.78 is 5.13. The average Bonchev–Trinajstić information content (AvgIpc) is 3.14. The van der Waals surface area contributed by atoms with Gasteiger partial charge in [-0.15, -0.1) is 0 Å². The molecule has 7 nitrogen and oxygen atoms in total. The Kier molecular flexibility index (Phi) is 4.02. The van der Waals surface area contributed by atoms with E-state index in [9.17, 15) is 0 Å². The van der Waals surface area contributed by atoms with Crippen molar-refractivity contribution < 1.29 is 4.74 Å². The summed E-state index contributed by atoms with van der Waals surface area (Å²) in [6.07, 6.45) is 3.48. The Balaban J connectivity index is 1.43. The summed E-state index contributed by atoms with van der Waals surface area (Å²) in [6, 6.07) is 4.06. The molecule has 4 heterocycles. The molecule has 24 heavy (non-hydrogen) atoms. The summed E-state index contributed by atoms with van der Waals surface area (Å²) in [7, 11) is 1.67. The van der Waals surface area contributed by atoms with Crippen LogP contribution in [0.2, 0.25) is 0 Å². The van der Waals surface area contributed by atoms with Gasteiger partial charge in [-0.2, -0.15) is 0 Å². The Morgan fingerprint density at radius 3 is 2.42 bits per heavy atom. The van der Waals surface area contributed by atoms with E-state index in [1.807, 2.05) is 19.2 Å². The Hall–Kier alpha value is -2.28. The van der Waals surface area contributed by atoms with Crippen molar-refractivity contribution in [2.24, 2.45) is 11.8 Å². The van der Waals surface area contributed by atoms with E-state index in [1.165, 1.54) is 0 Å². The molecule has 0 N–H and O–H groups in total. The van der Waals surface area contributed by atoms with Gasteiger partial charge in [-0.25, -0.2) is 19.9 Å². The fourth-order valence-electron chi connectivity index (χ4n) is 3.74. The number of methoxy groups -OCH3 is 1. The molecule has 4 rings (SSSR count). The van der Waals surface area contributed by atoms with Gasteiger partial charge in [0.15, 0.2) is 5.82 Å². The fraction of sp³-hybridized carbons (Fsp3) is 0.529. The highest BCUT2D eigenvalue weighted by molar-refractivity contribution is 5.44. The highest BCUT2D eigenvalue weighted by Gasteiger charge is 2.40. The van der Waals surface area contributed by atoms with Crippen molar-refractivity contribution in [1.29, 1.82) is 0 Å². The van der Waals surface area contributed by atoms with E-state index in [-0.39, 0.29) is 0 Å². The molecule has 7 heteroatoms. The maximum Gasteiger partial charge on any atom is 0.156 e. The zero-order valence-electron chi connectivity index (χ0n) is 14.1. The normalized spacial score (nSPS) is 22.9. The third-order valence-electron chi connectivity index (χ3n) is 4.89. The quantitative estimate of drug-likeness (QED) is 0.839. The van der Waals surface area contributed by atoms with Crippen LogP contribution in [-0.2, 0) is 11.3 Å². The summed E-state index contributed by atoms with van der Waals surface area (Å²) in [6.45, 7) is 6.64. The maximum atomic E-state index is 5.13. The van der Waals surface area contributed by atoms with E-state index < -0.39 is 0 Å². The second kappa shape index (κ2) is 6.32. The number of nitrogens with zero attached hydrogens (tertiary/aromatic N) is 6. The van der Waals surface area contributed by atoms with Crippen LogP contribution in [0.3, 0.4) is 0 Å². The molecule has 0 radical (unpaired) electrons. The minimum atomic E-state index is 0.454. The molecule has 2 saturated heterocycles. The first-order chi connectivity index (χ1) is 11.7. The number of ether oxygens (including phenoxy) is 1. The second-order valence-electron chi connectivity index (χ2n) is 6.61. The lowest BCUT2D eigenvalue weighted by Crippen LogP contribution is -2.29. The SMILES string of the molecule is COCc1nccc(N2CC3CN(c4cc(C)ncn4)CC3C2)n1. The third kappa shape index (κ3) is 2.91. The topological polar surface area (TPSA) is 67.3 Å². The number of aromatic nitrogens is 4. The summed E-state index contributed by atoms with van der Waals surface area (Å²) in [5.74, 6) is 4.11. The lowest BCUT2D eigenvalue weighted by atomic mass is 10.0. The number of fused-ring (bicyclic) bond motifs is 1. The predicted octanol–water partition coefficient (Wildman–Crippen LogP) is 1.29. The van der Waals surface area contributed by atoms with Gasteiger partial charge in [0, 0.05) is 63.1 Å². The molecule has 2 atom stereocenters. The number of rotatable bonds is 4. The van der Waals surface area contributed by atoms with Crippen LogP contribution < -0.4 is 9.80 Å². The van der Waals surface area contributed by atoms with E-state index in [2.05, 4.69) is 35.8 Å². The van der Waals surface area contributed by atoms with Crippen molar-refractivity contribution in [2.75, 3.05) is 43.1 Å². The van der Waals surface area contributed by atoms with E-state index >= 15 is 0 Å². The molecule has 2 aliphatic heterocycles. The molecule has 0 aromatic carbocycles. The molecule has 126 valence electrons. The van der Waals surface area contributed by atoms with Gasteiger partial charge in [0.25, 0.3) is 0 Å². The van der Waals surface area contributed by atoms with Crippen molar-refractivity contribution in [2.45, 2.75) is 13.5 Å². The van der Waals surface area contributed by atoms with Gasteiger partial charge < -0.3 is 14.5 Å². The standard InChI is InChI=1S/C17H22N6O/c1-12-5-17(20-11-19-12)23-8-13-6-22(7-14(13)9-23)16-3-4-18-15(21-16)10-24-2/h3-5,11,13-14H,6-10H2,1-2H3. The van der Waals surface area contributed by atoms with Crippen LogP contribution in [0.1, 0.15) is 11.5 Å². The number of anilines is 2. The first kappa shape index (κ1) is 15.3. The molecule has 0 bridgehead atoms. The first-order valence-electron chi connectivity index (χ1n) is 8.32. The molecule has 0 saturated carbocycles. The van der Waals surface area contributed by atoms with Gasteiger partial charge in [-0.3, -0.25) is 0 Å². The zero-order chi connectivity index (χ0) is 16.5. The van der Waals surface area contributed by atoms with E-state index in [0.29, 0.717) is 18.4 Å². The molecule has 2 aromatic rings. The van der Waals surface area contributed by atoms with Crippen LogP contribution in [0.15, 0.2) is 24.7 Å². The van der Waals surface area contributed by atoms with Gasteiger partial charge in [-0.05, 0) is 13.0 Å². The van der Waals surface area contributed by atoms with Gasteiger partial charge >= 0.3 is 0 Å². The van der Waals surface area contributed by atoms with Crippen LogP contribution in [0.4, 0.5) is 11.6 Å². The Morgan fingerprint density at radius 2 is 1.75 bits per heavy atom. The number of hydrogen-bond acceptors (Lipinski definition) is 7. The monoisotopic (exact) mass is 326 g/mol. The van der Waals surface area contributed by atoms with Gasteiger partial charge in [0.2, 0.25) is 0 Å². The van der Waals surface area contributed by atoms with E-state index in [0.717, 1.165) is 49.3 Å². The Labute approximate surface area is 141 Å². The molecule has 2 aromatic heterocycles. The lowest BCUT2D eigenvalue weighted by Gasteiger charge is -2.23. The van der Waals surface area contributed by atoms with Crippen LogP contribution in [0.25, 0.3) is 0 Å². The Bertz CT molecular complexity index is 710. The van der Waals surface area contributed by atoms with E-state index in [4.69, 9.17) is 4.74 Å². The third-order valence-corrected chi connectivity index (χ3v) is 4.89. The highest BCUT2D eigenvalue weighted by Crippen LogP contribution is 2.34. The Morgan fingerprint density at radius 1 is 1.04 bits per heavy atom. The highest BCUT2D eigenvalue weighted by atomic mass is 16.5. The molecular formula is C17H22N6O. The van der Waals surface area contributed by atoms with Crippen molar-refractivity contribution in [1.82, 2.24) is 19.9 Å². The zero-order valence-corrected chi connectivity index (χ0v) is 14.1. The largest absolute Gasteiger partial charge is 0.377 e. The van der Waals surface area contributed by atoms with Gasteiger partial charge in [-0.1, -0.05) is 0 Å². The molecule has 2 unspecified atom stereocenters. The molecule has 0 spiro atoms. The first-order valence-corrected chi connectivity index (χ1v) is 8.32. The second-order valence-corrected chi connectivity index (χ2v) is 6.61. The van der Waals surface area contributed by atoms with Crippen molar-refractivity contribution in [3.05, 3.63) is 36.2 Å². The fourth-order valence-corrected chi connectivity index (χ4v) is 3.74. The molecule has 2 aliphatic rings. The minimum Gasteiger partial charge on any atom is -0.377 e. The average molecular weight is 326 g/mol. The lowest BCUT2D eigenvalue weighted by molar-refractivity contribution is 0.178.